The molecule has 0 bridgehead atoms. The molecule has 1 aromatic carbocycles. The molecule has 6 nitrogen and oxygen atoms in total. The highest BCUT2D eigenvalue weighted by molar-refractivity contribution is 7.91. The molecule has 0 aliphatic heterocycles. The number of rotatable bonds is 6. The fraction of sp³-hybridized carbons (Fsp3) is 0.167. The van der Waals surface area contributed by atoms with Gasteiger partial charge in [-0.15, -0.1) is 17.3 Å². The van der Waals surface area contributed by atoms with E-state index >= 15 is 0 Å². The lowest BCUT2D eigenvalue weighted by molar-refractivity contribution is -0.138. The van der Waals surface area contributed by atoms with Crippen LogP contribution in [0, 0.1) is 11.8 Å². The summed E-state index contributed by atoms with van der Waals surface area (Å²) in [5.74, 6) is 4.26. The maximum absolute atomic E-state index is 12.5. The van der Waals surface area contributed by atoms with Gasteiger partial charge in [0.2, 0.25) is 0 Å². The number of benzene rings is 1. The van der Waals surface area contributed by atoms with Crippen molar-refractivity contribution in [1.29, 1.82) is 0 Å². The Morgan fingerprint density at radius 3 is 2.81 bits per heavy atom. The summed E-state index contributed by atoms with van der Waals surface area (Å²) in [6.45, 7) is 1.66. The van der Waals surface area contributed by atoms with Crippen molar-refractivity contribution in [1.82, 2.24) is 9.71 Å². The molecule has 3 N–H and O–H groups in total. The van der Waals surface area contributed by atoms with E-state index in [0.29, 0.717) is 4.88 Å². The summed E-state index contributed by atoms with van der Waals surface area (Å²) in [5, 5.41) is 10.4. The predicted molar refractivity (Wildman–Crippen MR) is 101 cm³/mol. The Hall–Kier alpha value is -2.60. The van der Waals surface area contributed by atoms with E-state index in [9.17, 15) is 18.3 Å². The van der Waals surface area contributed by atoms with Crippen molar-refractivity contribution in [3.8, 4) is 11.8 Å². The third-order valence-corrected chi connectivity index (χ3v) is 6.75. The van der Waals surface area contributed by atoms with Gasteiger partial charge in [0.1, 0.15) is 10.3 Å². The molecule has 2 heterocycles. The third kappa shape index (κ3) is 3.80. The van der Waals surface area contributed by atoms with E-state index in [2.05, 4.69) is 21.5 Å². The van der Waals surface area contributed by atoms with Gasteiger partial charge in [-0.2, -0.15) is 4.72 Å². The number of carbonyl (C=O) groups is 1. The van der Waals surface area contributed by atoms with Gasteiger partial charge in [0.15, 0.2) is 0 Å². The molecule has 0 saturated heterocycles. The van der Waals surface area contributed by atoms with Crippen LogP contribution in [0.2, 0.25) is 0 Å². The number of aromatic nitrogens is 1. The number of aliphatic carboxylic acids is 1. The fourth-order valence-electron chi connectivity index (χ4n) is 2.60. The largest absolute Gasteiger partial charge is 0.480 e. The second kappa shape index (κ2) is 7.33. The Morgan fingerprint density at radius 2 is 2.08 bits per heavy atom. The average Bonchev–Trinajstić information content (AvgIpc) is 3.22. The first-order chi connectivity index (χ1) is 12.4. The van der Waals surface area contributed by atoms with Gasteiger partial charge < -0.3 is 10.1 Å². The Morgan fingerprint density at radius 1 is 1.31 bits per heavy atom. The molecular weight excluding hydrogens is 372 g/mol. The van der Waals surface area contributed by atoms with E-state index < -0.39 is 22.0 Å². The molecule has 0 aliphatic carbocycles. The first kappa shape index (κ1) is 18.2. The quantitative estimate of drug-likeness (QED) is 0.565. The molecule has 3 rings (SSSR count). The van der Waals surface area contributed by atoms with Gasteiger partial charge in [-0.3, -0.25) is 4.79 Å². The van der Waals surface area contributed by atoms with Gasteiger partial charge in [-0.25, -0.2) is 8.42 Å². The van der Waals surface area contributed by atoms with Gasteiger partial charge in [-0.1, -0.05) is 24.1 Å². The minimum absolute atomic E-state index is 0.0333. The van der Waals surface area contributed by atoms with Crippen LogP contribution in [0.3, 0.4) is 0 Å². The van der Waals surface area contributed by atoms with Crippen LogP contribution in [0.15, 0.2) is 46.8 Å². The fourth-order valence-corrected chi connectivity index (χ4v) is 5.02. The summed E-state index contributed by atoms with van der Waals surface area (Å²) >= 11 is 1.01. The third-order valence-electron chi connectivity index (χ3n) is 3.79. The number of thiophene rings is 1. The molecular formula is C18H16N2O4S2. The van der Waals surface area contributed by atoms with Crippen molar-refractivity contribution in [2.45, 2.75) is 23.6 Å². The van der Waals surface area contributed by atoms with Crippen LogP contribution in [0.1, 0.15) is 17.4 Å². The zero-order valence-electron chi connectivity index (χ0n) is 13.8. The molecule has 8 heteroatoms. The van der Waals surface area contributed by atoms with Gasteiger partial charge in [0.05, 0.1) is 4.88 Å². The number of hydrogen-bond donors (Lipinski definition) is 3. The normalized spacial score (nSPS) is 12.5. The zero-order valence-corrected chi connectivity index (χ0v) is 15.4. The van der Waals surface area contributed by atoms with E-state index in [1.807, 2.05) is 24.3 Å². The van der Waals surface area contributed by atoms with Crippen molar-refractivity contribution in [2.75, 3.05) is 0 Å². The summed E-state index contributed by atoms with van der Waals surface area (Å²) in [6.07, 6.45) is 1.74. The van der Waals surface area contributed by atoms with Crippen molar-refractivity contribution in [3.63, 3.8) is 0 Å². The molecule has 134 valence electrons. The molecule has 0 spiro atoms. The highest BCUT2D eigenvalue weighted by Crippen LogP contribution is 2.23. The number of carboxylic acid groups (broad SMARTS) is 1. The van der Waals surface area contributed by atoms with Crippen molar-refractivity contribution in [3.05, 3.63) is 53.0 Å². The average molecular weight is 388 g/mol. The smallest absolute Gasteiger partial charge is 0.322 e. The topological polar surface area (TPSA) is 99.3 Å². The molecule has 0 saturated carbocycles. The second-order valence-electron chi connectivity index (χ2n) is 5.57. The lowest BCUT2D eigenvalue weighted by atomic mass is 10.1. The zero-order chi connectivity index (χ0) is 18.7. The highest BCUT2D eigenvalue weighted by atomic mass is 32.2. The van der Waals surface area contributed by atoms with Gasteiger partial charge in [-0.05, 0) is 30.7 Å². The van der Waals surface area contributed by atoms with Crippen LogP contribution in [0.5, 0.6) is 0 Å². The maximum atomic E-state index is 12.5. The van der Waals surface area contributed by atoms with Gasteiger partial charge in [0, 0.05) is 23.5 Å². The molecule has 0 radical (unpaired) electrons. The van der Waals surface area contributed by atoms with E-state index in [4.69, 9.17) is 0 Å². The molecule has 1 atom stereocenters. The summed E-state index contributed by atoms with van der Waals surface area (Å²) in [7, 11) is -3.95. The number of fused-ring (bicyclic) bond motifs is 1. The lowest BCUT2D eigenvalue weighted by Gasteiger charge is -2.13. The van der Waals surface area contributed by atoms with E-state index in [-0.39, 0.29) is 10.6 Å². The number of hydrogen-bond acceptors (Lipinski definition) is 4. The van der Waals surface area contributed by atoms with Crippen LogP contribution in [0.4, 0.5) is 0 Å². The summed E-state index contributed by atoms with van der Waals surface area (Å²) in [6, 6.07) is 9.21. The molecule has 0 fully saturated rings. The maximum Gasteiger partial charge on any atom is 0.322 e. The Kier molecular flexibility index (Phi) is 5.13. The molecule has 1 unspecified atom stereocenters. The van der Waals surface area contributed by atoms with Crippen LogP contribution in [-0.2, 0) is 21.2 Å². The number of carboxylic acids is 1. The molecule has 26 heavy (non-hydrogen) atoms. The van der Waals surface area contributed by atoms with E-state index in [1.165, 1.54) is 6.07 Å². The molecule has 0 amide bonds. The summed E-state index contributed by atoms with van der Waals surface area (Å²) < 4.78 is 27.4. The molecule has 2 aromatic heterocycles. The van der Waals surface area contributed by atoms with E-state index in [0.717, 1.165) is 27.8 Å². The number of nitrogens with one attached hydrogen (secondary N) is 2. The first-order valence-electron chi connectivity index (χ1n) is 7.73. The van der Waals surface area contributed by atoms with Gasteiger partial charge >= 0.3 is 5.97 Å². The second-order valence-corrected chi connectivity index (χ2v) is 8.59. The van der Waals surface area contributed by atoms with Crippen LogP contribution in [0.25, 0.3) is 10.9 Å². The van der Waals surface area contributed by atoms with Crippen molar-refractivity contribution >= 4 is 38.2 Å². The van der Waals surface area contributed by atoms with Crippen LogP contribution >= 0.6 is 11.3 Å². The first-order valence-corrected chi connectivity index (χ1v) is 10.0. The number of sulfonamides is 1. The number of aromatic amines is 1. The monoisotopic (exact) mass is 388 g/mol. The molecule has 0 aliphatic rings. The van der Waals surface area contributed by atoms with Crippen molar-refractivity contribution in [2.24, 2.45) is 0 Å². The van der Waals surface area contributed by atoms with Crippen LogP contribution < -0.4 is 4.72 Å². The molecule has 3 aromatic rings. The highest BCUT2D eigenvalue weighted by Gasteiger charge is 2.27. The predicted octanol–water partition coefficient (Wildman–Crippen LogP) is 2.58. The summed E-state index contributed by atoms with van der Waals surface area (Å²) in [5.41, 5.74) is 1.61. The van der Waals surface area contributed by atoms with Crippen LogP contribution in [-0.4, -0.2) is 30.5 Å². The van der Waals surface area contributed by atoms with Crippen molar-refractivity contribution < 1.29 is 18.3 Å². The Balaban J connectivity index is 1.85. The Bertz CT molecular complexity index is 1120. The summed E-state index contributed by atoms with van der Waals surface area (Å²) in [4.78, 5) is 15.3. The van der Waals surface area contributed by atoms with Gasteiger partial charge in [0.25, 0.3) is 10.0 Å². The SMILES string of the molecule is CC#Cc1ccc(S(=O)(=O)NC(Cc2c[nH]c3ccccc23)C(=O)O)s1. The standard InChI is InChI=1S/C18H16N2O4S2/c1-2-5-13-8-9-17(25-13)26(23,24)20-16(18(21)22)10-12-11-19-15-7-4-3-6-14(12)15/h3-4,6-9,11,16,19-20H,10H2,1H3,(H,21,22). The number of H-pyrrole nitrogens is 1. The minimum Gasteiger partial charge on any atom is -0.480 e. The minimum atomic E-state index is -3.95. The van der Waals surface area contributed by atoms with E-state index in [1.54, 1.807) is 19.2 Å². The number of para-hydroxylation sites is 1. The lowest BCUT2D eigenvalue weighted by Crippen LogP contribution is -2.41. The Labute approximate surface area is 154 Å².